The first-order chi connectivity index (χ1) is 10.7. The third-order valence-electron chi connectivity index (χ3n) is 3.36. The number of nitrogens with two attached hydrogens (primary N) is 1. The van der Waals surface area contributed by atoms with Gasteiger partial charge in [-0.25, -0.2) is 4.79 Å². The smallest absolute Gasteiger partial charge is 0.410 e. The Morgan fingerprint density at radius 3 is 2.22 bits per heavy atom. The van der Waals surface area contributed by atoms with E-state index in [4.69, 9.17) is 10.5 Å². The second-order valence-electron chi connectivity index (χ2n) is 6.96. The molecule has 0 saturated heterocycles. The van der Waals surface area contributed by atoms with Gasteiger partial charge in [-0.1, -0.05) is 12.1 Å². The van der Waals surface area contributed by atoms with Crippen molar-refractivity contribution < 1.29 is 9.53 Å². The number of carbonyl (C=O) groups is 1. The molecule has 0 unspecified atom stereocenters. The van der Waals surface area contributed by atoms with Crippen LogP contribution in [-0.2, 0) is 11.3 Å². The molecule has 0 aromatic heterocycles. The molecule has 0 aliphatic rings. The molecule has 0 radical (unpaired) electrons. The molecule has 1 amide bonds. The van der Waals surface area contributed by atoms with Crippen LogP contribution in [0.1, 0.15) is 39.2 Å². The molecule has 1 aromatic rings. The molecule has 130 valence electrons. The van der Waals surface area contributed by atoms with Crippen molar-refractivity contribution in [2.45, 2.75) is 45.8 Å². The maximum absolute atomic E-state index is 12.4. The first kappa shape index (κ1) is 19.3. The standard InChI is InChI=1S/C18H31N3O2/c1-18(2,3)23-17(22)21(13-7-6-12-19)14-15-8-10-16(11-9-15)20(4)5/h8-11H,6-7,12-14,19H2,1-5H3. The Balaban J connectivity index is 2.76. The van der Waals surface area contributed by atoms with Gasteiger partial charge >= 0.3 is 6.09 Å². The Labute approximate surface area is 140 Å². The highest BCUT2D eigenvalue weighted by Crippen LogP contribution is 2.16. The van der Waals surface area contributed by atoms with E-state index in [1.165, 1.54) is 0 Å². The van der Waals surface area contributed by atoms with Crippen molar-refractivity contribution in [3.8, 4) is 0 Å². The predicted octanol–water partition coefficient (Wildman–Crippen LogP) is 3.23. The highest BCUT2D eigenvalue weighted by atomic mass is 16.6. The number of benzene rings is 1. The molecule has 0 aliphatic carbocycles. The summed E-state index contributed by atoms with van der Waals surface area (Å²) in [6.07, 6.45) is 1.51. The Morgan fingerprint density at radius 2 is 1.74 bits per heavy atom. The van der Waals surface area contributed by atoms with E-state index in [0.717, 1.165) is 24.1 Å². The molecule has 1 aromatic carbocycles. The van der Waals surface area contributed by atoms with Crippen molar-refractivity contribution in [3.05, 3.63) is 29.8 Å². The highest BCUT2D eigenvalue weighted by Gasteiger charge is 2.22. The Bertz CT molecular complexity index is 478. The van der Waals surface area contributed by atoms with Crippen molar-refractivity contribution >= 4 is 11.8 Å². The lowest BCUT2D eigenvalue weighted by Gasteiger charge is -2.27. The van der Waals surface area contributed by atoms with Crippen LogP contribution >= 0.6 is 0 Å². The lowest BCUT2D eigenvalue weighted by atomic mass is 10.1. The van der Waals surface area contributed by atoms with Gasteiger partial charge in [0, 0.05) is 32.9 Å². The number of amides is 1. The molecule has 0 heterocycles. The molecular weight excluding hydrogens is 290 g/mol. The number of carbonyl (C=O) groups excluding carboxylic acids is 1. The van der Waals surface area contributed by atoms with Crippen LogP contribution in [0.25, 0.3) is 0 Å². The molecule has 2 N–H and O–H groups in total. The van der Waals surface area contributed by atoms with Crippen LogP contribution in [0, 0.1) is 0 Å². The largest absolute Gasteiger partial charge is 0.444 e. The second kappa shape index (κ2) is 8.77. The zero-order valence-electron chi connectivity index (χ0n) is 15.1. The third kappa shape index (κ3) is 7.37. The monoisotopic (exact) mass is 321 g/mol. The summed E-state index contributed by atoms with van der Waals surface area (Å²) in [7, 11) is 4.02. The van der Waals surface area contributed by atoms with E-state index >= 15 is 0 Å². The fraction of sp³-hybridized carbons (Fsp3) is 0.611. The summed E-state index contributed by atoms with van der Waals surface area (Å²) in [6, 6.07) is 8.22. The second-order valence-corrected chi connectivity index (χ2v) is 6.96. The van der Waals surface area contributed by atoms with Gasteiger partial charge in [0.2, 0.25) is 0 Å². The van der Waals surface area contributed by atoms with Crippen LogP contribution in [0.4, 0.5) is 10.5 Å². The number of ether oxygens (including phenoxy) is 1. The molecule has 0 bridgehead atoms. The minimum atomic E-state index is -0.488. The molecular formula is C18H31N3O2. The molecule has 23 heavy (non-hydrogen) atoms. The zero-order chi connectivity index (χ0) is 17.5. The number of rotatable bonds is 7. The summed E-state index contributed by atoms with van der Waals surface area (Å²) >= 11 is 0. The van der Waals surface area contributed by atoms with Gasteiger partial charge in [0.15, 0.2) is 0 Å². The Kier molecular flexibility index (Phi) is 7.36. The molecule has 0 aliphatic heterocycles. The molecule has 0 spiro atoms. The van der Waals surface area contributed by atoms with E-state index < -0.39 is 5.60 Å². The quantitative estimate of drug-likeness (QED) is 0.783. The van der Waals surface area contributed by atoms with Crippen molar-refractivity contribution in [1.82, 2.24) is 4.90 Å². The van der Waals surface area contributed by atoms with Crippen LogP contribution in [0.15, 0.2) is 24.3 Å². The van der Waals surface area contributed by atoms with Crippen LogP contribution in [0.3, 0.4) is 0 Å². The highest BCUT2D eigenvalue weighted by molar-refractivity contribution is 5.68. The number of hydrogen-bond donors (Lipinski definition) is 1. The first-order valence-electron chi connectivity index (χ1n) is 8.17. The molecule has 0 atom stereocenters. The van der Waals surface area contributed by atoms with Gasteiger partial charge in [0.05, 0.1) is 0 Å². The minimum absolute atomic E-state index is 0.272. The molecule has 1 rings (SSSR count). The van der Waals surface area contributed by atoms with Gasteiger partial charge < -0.3 is 20.3 Å². The third-order valence-corrected chi connectivity index (χ3v) is 3.36. The van der Waals surface area contributed by atoms with Gasteiger partial charge in [-0.15, -0.1) is 0 Å². The summed E-state index contributed by atoms with van der Waals surface area (Å²) in [5, 5.41) is 0. The molecule has 5 nitrogen and oxygen atoms in total. The van der Waals surface area contributed by atoms with Gasteiger partial charge in [0.1, 0.15) is 5.60 Å². The number of anilines is 1. The number of nitrogens with zero attached hydrogens (tertiary/aromatic N) is 2. The number of unbranched alkanes of at least 4 members (excludes halogenated alkanes) is 1. The van der Waals surface area contributed by atoms with E-state index in [1.807, 2.05) is 34.9 Å². The average Bonchev–Trinajstić information content (AvgIpc) is 2.45. The Hall–Kier alpha value is -1.75. The van der Waals surface area contributed by atoms with Crippen molar-refractivity contribution in [1.29, 1.82) is 0 Å². The van der Waals surface area contributed by atoms with Crippen LogP contribution < -0.4 is 10.6 Å². The SMILES string of the molecule is CN(C)c1ccc(CN(CCCCN)C(=O)OC(C)(C)C)cc1. The van der Waals surface area contributed by atoms with E-state index in [-0.39, 0.29) is 6.09 Å². The summed E-state index contributed by atoms with van der Waals surface area (Å²) in [4.78, 5) is 16.2. The van der Waals surface area contributed by atoms with Crippen LogP contribution in [-0.4, -0.2) is 43.8 Å². The summed E-state index contributed by atoms with van der Waals surface area (Å²) in [5.41, 5.74) is 7.29. The van der Waals surface area contributed by atoms with Crippen LogP contribution in [0.2, 0.25) is 0 Å². The van der Waals surface area contributed by atoms with Crippen molar-refractivity contribution in [2.24, 2.45) is 5.73 Å². The molecule has 0 fully saturated rings. The normalized spacial score (nSPS) is 11.2. The fourth-order valence-electron chi connectivity index (χ4n) is 2.13. The lowest BCUT2D eigenvalue weighted by molar-refractivity contribution is 0.0231. The van der Waals surface area contributed by atoms with Gasteiger partial charge in [-0.3, -0.25) is 0 Å². The lowest BCUT2D eigenvalue weighted by Crippen LogP contribution is -2.37. The summed E-state index contributed by atoms with van der Waals surface area (Å²) in [5.74, 6) is 0. The van der Waals surface area contributed by atoms with Gasteiger partial charge in [-0.2, -0.15) is 0 Å². The minimum Gasteiger partial charge on any atom is -0.444 e. The Morgan fingerprint density at radius 1 is 1.13 bits per heavy atom. The van der Waals surface area contributed by atoms with Gasteiger partial charge in [-0.05, 0) is 57.9 Å². The van der Waals surface area contributed by atoms with Gasteiger partial charge in [0.25, 0.3) is 0 Å². The zero-order valence-corrected chi connectivity index (χ0v) is 15.1. The summed E-state index contributed by atoms with van der Waals surface area (Å²) in [6.45, 7) is 7.49. The maximum atomic E-state index is 12.4. The van der Waals surface area contributed by atoms with E-state index in [1.54, 1.807) is 4.90 Å². The predicted molar refractivity (Wildman–Crippen MR) is 95.7 cm³/mol. The topological polar surface area (TPSA) is 58.8 Å². The first-order valence-corrected chi connectivity index (χ1v) is 8.17. The van der Waals surface area contributed by atoms with E-state index in [9.17, 15) is 4.79 Å². The fourth-order valence-corrected chi connectivity index (χ4v) is 2.13. The number of hydrogen-bond acceptors (Lipinski definition) is 4. The van der Waals surface area contributed by atoms with Crippen LogP contribution in [0.5, 0.6) is 0 Å². The van der Waals surface area contributed by atoms with Crippen molar-refractivity contribution in [3.63, 3.8) is 0 Å². The maximum Gasteiger partial charge on any atom is 0.410 e. The summed E-state index contributed by atoms with van der Waals surface area (Å²) < 4.78 is 5.51. The molecule has 0 saturated carbocycles. The van der Waals surface area contributed by atoms with E-state index in [0.29, 0.717) is 19.6 Å². The molecule has 5 heteroatoms. The average molecular weight is 321 g/mol. The van der Waals surface area contributed by atoms with E-state index in [2.05, 4.69) is 29.2 Å². The van der Waals surface area contributed by atoms with Crippen molar-refractivity contribution in [2.75, 3.05) is 32.1 Å².